The quantitative estimate of drug-likeness (QED) is 0.182. The molecule has 30 heavy (non-hydrogen) atoms. The maximum absolute atomic E-state index is 12.5. The maximum atomic E-state index is 12.5. The smallest absolute Gasteiger partial charge is 0.216 e. The van der Waals surface area contributed by atoms with Crippen molar-refractivity contribution in [3.63, 3.8) is 0 Å². The summed E-state index contributed by atoms with van der Waals surface area (Å²) in [6, 6.07) is 0. The van der Waals surface area contributed by atoms with Gasteiger partial charge < -0.3 is 19.7 Å². The summed E-state index contributed by atoms with van der Waals surface area (Å²) in [6.45, 7) is 12.1. The van der Waals surface area contributed by atoms with Crippen molar-refractivity contribution in [3.05, 3.63) is 0 Å². The summed E-state index contributed by atoms with van der Waals surface area (Å²) in [5.74, 6) is 0.901. The van der Waals surface area contributed by atoms with Crippen molar-refractivity contribution in [1.82, 2.24) is 19.4 Å². The molecule has 2 fully saturated rings. The van der Waals surface area contributed by atoms with E-state index in [-0.39, 0.29) is 42.4 Å². The Morgan fingerprint density at radius 1 is 1.10 bits per heavy atom. The van der Waals surface area contributed by atoms with E-state index in [1.165, 1.54) is 0 Å². The molecule has 9 nitrogen and oxygen atoms in total. The van der Waals surface area contributed by atoms with Crippen LogP contribution in [0.4, 0.5) is 0 Å². The number of hydrogen-bond donors (Lipinski definition) is 1. The van der Waals surface area contributed by atoms with Gasteiger partial charge in [0.1, 0.15) is 0 Å². The predicted octanol–water partition coefficient (Wildman–Crippen LogP) is 0.665. The summed E-state index contributed by atoms with van der Waals surface area (Å²) in [6.07, 6.45) is 2.28. The standard InChI is InChI=1S/C19H39N5O4S.HI/c1-18(2)28-16-17-29(25,26)24-10-8-23(9-11-24)19(20-3)21-6-4-5-7-22-12-14-27-15-13-22;/h18H,4-17H2,1-3H3,(H,20,21);1H. The molecular formula is C19H40IN5O4S. The number of ether oxygens (including phenoxy) is 2. The zero-order valence-corrected chi connectivity index (χ0v) is 21.9. The molecular weight excluding hydrogens is 521 g/mol. The van der Waals surface area contributed by atoms with E-state index in [0.717, 1.165) is 58.2 Å². The number of nitrogens with zero attached hydrogens (tertiary/aromatic N) is 4. The van der Waals surface area contributed by atoms with Gasteiger partial charge in [0.2, 0.25) is 10.0 Å². The number of sulfonamides is 1. The van der Waals surface area contributed by atoms with Crippen molar-refractivity contribution in [2.45, 2.75) is 32.8 Å². The summed E-state index contributed by atoms with van der Waals surface area (Å²) in [5.41, 5.74) is 0. The van der Waals surface area contributed by atoms with Crippen LogP contribution in [0.1, 0.15) is 26.7 Å². The molecule has 0 aromatic heterocycles. The third-order valence-corrected chi connectivity index (χ3v) is 7.06. The van der Waals surface area contributed by atoms with Gasteiger partial charge in [0.15, 0.2) is 5.96 Å². The Morgan fingerprint density at radius 3 is 2.37 bits per heavy atom. The van der Waals surface area contributed by atoms with Crippen LogP contribution in [-0.2, 0) is 19.5 Å². The molecule has 0 spiro atoms. The fourth-order valence-corrected chi connectivity index (χ4v) is 4.80. The molecule has 0 amide bonds. The van der Waals surface area contributed by atoms with Crippen LogP contribution in [0.25, 0.3) is 0 Å². The minimum Gasteiger partial charge on any atom is -0.379 e. The number of halogens is 1. The van der Waals surface area contributed by atoms with Crippen LogP contribution in [0.15, 0.2) is 4.99 Å². The number of guanidine groups is 1. The van der Waals surface area contributed by atoms with Gasteiger partial charge >= 0.3 is 0 Å². The Balaban J connectivity index is 0.00000450. The molecule has 0 atom stereocenters. The van der Waals surface area contributed by atoms with E-state index >= 15 is 0 Å². The molecule has 178 valence electrons. The molecule has 11 heteroatoms. The summed E-state index contributed by atoms with van der Waals surface area (Å²) < 4.78 is 37.3. The second-order valence-electron chi connectivity index (χ2n) is 7.76. The van der Waals surface area contributed by atoms with Crippen LogP contribution in [0, 0.1) is 0 Å². The van der Waals surface area contributed by atoms with Gasteiger partial charge in [-0.25, -0.2) is 8.42 Å². The summed E-state index contributed by atoms with van der Waals surface area (Å²) in [7, 11) is -1.48. The topological polar surface area (TPSA) is 86.7 Å². The third-order valence-electron chi connectivity index (χ3n) is 5.22. The minimum absolute atomic E-state index is 0. The highest BCUT2D eigenvalue weighted by Crippen LogP contribution is 2.09. The first-order chi connectivity index (χ1) is 13.9. The van der Waals surface area contributed by atoms with Crippen LogP contribution < -0.4 is 5.32 Å². The lowest BCUT2D eigenvalue weighted by molar-refractivity contribution is 0.0372. The zero-order chi connectivity index (χ0) is 21.1. The largest absolute Gasteiger partial charge is 0.379 e. The lowest BCUT2D eigenvalue weighted by Crippen LogP contribution is -2.54. The lowest BCUT2D eigenvalue weighted by atomic mass is 10.2. The monoisotopic (exact) mass is 561 g/mol. The molecule has 0 aromatic rings. The van der Waals surface area contributed by atoms with E-state index in [2.05, 4.69) is 20.1 Å². The van der Waals surface area contributed by atoms with Gasteiger partial charge in [-0.3, -0.25) is 9.89 Å². The van der Waals surface area contributed by atoms with Gasteiger partial charge in [-0.15, -0.1) is 24.0 Å². The molecule has 0 aliphatic carbocycles. The van der Waals surface area contributed by atoms with Gasteiger partial charge in [-0.05, 0) is 33.2 Å². The first kappa shape index (κ1) is 27.8. The molecule has 0 bridgehead atoms. The number of hydrogen-bond acceptors (Lipinski definition) is 6. The first-order valence-electron chi connectivity index (χ1n) is 10.8. The fourth-order valence-electron chi connectivity index (χ4n) is 3.51. The SMILES string of the molecule is CN=C(NCCCCN1CCOCC1)N1CCN(S(=O)(=O)CCOC(C)C)CC1.I. The van der Waals surface area contributed by atoms with Crippen LogP contribution in [-0.4, -0.2) is 120 Å². The van der Waals surface area contributed by atoms with Crippen LogP contribution in [0.5, 0.6) is 0 Å². The van der Waals surface area contributed by atoms with Gasteiger partial charge in [-0.1, -0.05) is 0 Å². The van der Waals surface area contributed by atoms with Crippen LogP contribution >= 0.6 is 24.0 Å². The molecule has 2 heterocycles. The molecule has 2 aliphatic heterocycles. The van der Waals surface area contributed by atoms with E-state index in [9.17, 15) is 8.42 Å². The van der Waals surface area contributed by atoms with E-state index in [0.29, 0.717) is 26.2 Å². The van der Waals surface area contributed by atoms with Crippen molar-refractivity contribution in [2.75, 3.05) is 85.0 Å². The van der Waals surface area contributed by atoms with E-state index in [1.54, 1.807) is 11.4 Å². The van der Waals surface area contributed by atoms with Crippen molar-refractivity contribution >= 4 is 40.0 Å². The number of piperazine rings is 1. The van der Waals surface area contributed by atoms with E-state index in [4.69, 9.17) is 9.47 Å². The molecule has 0 unspecified atom stereocenters. The lowest BCUT2D eigenvalue weighted by Gasteiger charge is -2.36. The third kappa shape index (κ3) is 9.94. The molecule has 2 rings (SSSR count). The fraction of sp³-hybridized carbons (Fsp3) is 0.947. The molecule has 2 saturated heterocycles. The normalized spacial score (nSPS) is 19.7. The van der Waals surface area contributed by atoms with Crippen molar-refractivity contribution in [2.24, 2.45) is 4.99 Å². The number of nitrogens with one attached hydrogen (secondary N) is 1. The van der Waals surface area contributed by atoms with Crippen molar-refractivity contribution in [1.29, 1.82) is 0 Å². The molecule has 0 radical (unpaired) electrons. The number of rotatable bonds is 10. The molecule has 0 aromatic carbocycles. The Kier molecular flexibility index (Phi) is 13.7. The average molecular weight is 562 g/mol. The van der Waals surface area contributed by atoms with Crippen molar-refractivity contribution < 1.29 is 17.9 Å². The van der Waals surface area contributed by atoms with Gasteiger partial charge in [0, 0.05) is 52.9 Å². The average Bonchev–Trinajstić information content (AvgIpc) is 2.71. The predicted molar refractivity (Wildman–Crippen MR) is 131 cm³/mol. The number of unbranched alkanes of at least 4 members (excludes halogenated alkanes) is 1. The Labute approximate surface area is 199 Å². The van der Waals surface area contributed by atoms with Crippen LogP contribution in [0.2, 0.25) is 0 Å². The summed E-state index contributed by atoms with van der Waals surface area (Å²) in [4.78, 5) is 8.96. The maximum Gasteiger partial charge on any atom is 0.216 e. The second kappa shape index (κ2) is 14.8. The van der Waals surface area contributed by atoms with Crippen LogP contribution in [0.3, 0.4) is 0 Å². The molecule has 2 aliphatic rings. The van der Waals surface area contributed by atoms with Gasteiger partial charge in [-0.2, -0.15) is 4.31 Å². The molecule has 0 saturated carbocycles. The van der Waals surface area contributed by atoms with Gasteiger partial charge in [0.05, 0.1) is 31.7 Å². The van der Waals surface area contributed by atoms with Crippen molar-refractivity contribution in [3.8, 4) is 0 Å². The second-order valence-corrected chi connectivity index (χ2v) is 9.85. The van der Waals surface area contributed by atoms with E-state index in [1.807, 2.05) is 13.8 Å². The van der Waals surface area contributed by atoms with E-state index < -0.39 is 10.0 Å². The minimum atomic E-state index is -3.26. The van der Waals surface area contributed by atoms with Gasteiger partial charge in [0.25, 0.3) is 0 Å². The number of morpholine rings is 1. The Bertz CT molecular complexity index is 592. The summed E-state index contributed by atoms with van der Waals surface area (Å²) in [5, 5.41) is 3.42. The Morgan fingerprint density at radius 2 is 1.77 bits per heavy atom. The molecule has 1 N–H and O–H groups in total. The highest BCUT2D eigenvalue weighted by Gasteiger charge is 2.27. The Hall–Kier alpha value is -0.210. The first-order valence-corrected chi connectivity index (χ1v) is 12.4. The summed E-state index contributed by atoms with van der Waals surface area (Å²) >= 11 is 0. The highest BCUT2D eigenvalue weighted by molar-refractivity contribution is 14.0. The number of aliphatic imine (C=N–C) groups is 1. The highest BCUT2D eigenvalue weighted by atomic mass is 127. The zero-order valence-electron chi connectivity index (χ0n) is 18.7.